The minimum absolute atomic E-state index is 0.00213. The second-order valence-corrected chi connectivity index (χ2v) is 14.9. The lowest BCUT2D eigenvalue weighted by Crippen LogP contribution is -2.45. The van der Waals surface area contributed by atoms with Gasteiger partial charge in [-0.25, -0.2) is 0 Å². The number of nitrogens with zero attached hydrogens (tertiary/aromatic N) is 2. The van der Waals surface area contributed by atoms with Crippen LogP contribution in [0, 0.1) is 0 Å². The Bertz CT molecular complexity index is 1680. The van der Waals surface area contributed by atoms with Gasteiger partial charge in [0.15, 0.2) is 0 Å². The van der Waals surface area contributed by atoms with Crippen molar-refractivity contribution in [1.29, 1.82) is 0 Å². The molecule has 0 aliphatic carbocycles. The van der Waals surface area contributed by atoms with Gasteiger partial charge in [0.25, 0.3) is 0 Å². The van der Waals surface area contributed by atoms with E-state index in [1.807, 2.05) is 59.5 Å². The molecule has 12 heteroatoms. The SMILES string of the molecule is O=C(CCCC1(CCCCN2CCC(COCc3cc(C(F)(F)F)cc(C(F)(F)F)c3)(c3ccccc3)CC2)C(=O)Nc2ccccc21)N1CCCC1. The summed E-state index contributed by atoms with van der Waals surface area (Å²) >= 11 is 0. The molecular weight excluding hydrogens is 696 g/mol. The van der Waals surface area contributed by atoms with E-state index in [-0.39, 0.29) is 36.7 Å². The number of piperidine rings is 1. The van der Waals surface area contributed by atoms with Crippen LogP contribution in [0.15, 0.2) is 72.8 Å². The molecule has 2 saturated heterocycles. The second-order valence-electron chi connectivity index (χ2n) is 14.9. The first-order valence-electron chi connectivity index (χ1n) is 18.6. The van der Waals surface area contributed by atoms with Crippen molar-refractivity contribution in [3.63, 3.8) is 0 Å². The topological polar surface area (TPSA) is 61.9 Å². The number of para-hydroxylation sites is 1. The van der Waals surface area contributed by atoms with Crippen LogP contribution in [-0.2, 0) is 44.1 Å². The number of carbonyl (C=O) groups excluding carboxylic acids is 2. The molecule has 3 heterocycles. The first-order valence-corrected chi connectivity index (χ1v) is 18.6. The molecule has 3 aliphatic rings. The van der Waals surface area contributed by atoms with Crippen LogP contribution in [0.4, 0.5) is 32.0 Å². The molecule has 1 atom stereocenters. The highest BCUT2D eigenvalue weighted by molar-refractivity contribution is 6.06. The van der Waals surface area contributed by atoms with Crippen LogP contribution in [0.5, 0.6) is 0 Å². The first-order chi connectivity index (χ1) is 25.3. The number of nitrogens with one attached hydrogen (secondary N) is 1. The molecule has 1 unspecified atom stereocenters. The maximum atomic E-state index is 13.6. The number of alkyl halides is 6. The van der Waals surface area contributed by atoms with E-state index in [9.17, 15) is 35.9 Å². The summed E-state index contributed by atoms with van der Waals surface area (Å²) < 4.78 is 86.6. The molecule has 6 rings (SSSR count). The highest BCUT2D eigenvalue weighted by Crippen LogP contribution is 2.45. The predicted octanol–water partition coefficient (Wildman–Crippen LogP) is 9.13. The van der Waals surface area contributed by atoms with Crippen LogP contribution >= 0.6 is 0 Å². The van der Waals surface area contributed by atoms with Crippen molar-refractivity contribution in [1.82, 2.24) is 9.80 Å². The maximum absolute atomic E-state index is 13.6. The smallest absolute Gasteiger partial charge is 0.376 e. The van der Waals surface area contributed by atoms with Crippen LogP contribution in [0.1, 0.15) is 92.0 Å². The summed E-state index contributed by atoms with van der Waals surface area (Å²) in [4.78, 5) is 30.6. The molecule has 2 fully saturated rings. The number of fused-ring (bicyclic) bond motifs is 1. The van der Waals surface area contributed by atoms with E-state index in [1.165, 1.54) is 0 Å². The standard InChI is InChI=1S/C41H47F6N3O3/c42-40(43,44)32-25-30(26-33(27-32)41(45,46)47)28-53-29-38(31-11-2-1-3-12-31)18-23-49(24-19-38)20-7-6-16-39(17-10-15-36(51)50-21-8-9-22-50)34-13-4-5-14-35(34)48-37(39)52/h1-5,11-14,25-27H,6-10,15-24,28-29H2,(H,48,52). The van der Waals surface area contributed by atoms with Crippen molar-refractivity contribution in [3.05, 3.63) is 101 Å². The number of unbranched alkanes of at least 4 members (excludes halogenated alkanes) is 1. The number of amides is 2. The molecule has 286 valence electrons. The van der Waals surface area contributed by atoms with E-state index in [0.717, 1.165) is 87.4 Å². The molecule has 3 aromatic rings. The van der Waals surface area contributed by atoms with Gasteiger partial charge in [-0.3, -0.25) is 9.59 Å². The van der Waals surface area contributed by atoms with Crippen molar-refractivity contribution in [2.24, 2.45) is 0 Å². The lowest BCUT2D eigenvalue weighted by molar-refractivity contribution is -0.143. The number of ether oxygens (including phenoxy) is 1. The number of anilines is 1. The zero-order chi connectivity index (χ0) is 37.7. The summed E-state index contributed by atoms with van der Waals surface area (Å²) in [6, 6.07) is 19.1. The zero-order valence-electron chi connectivity index (χ0n) is 29.8. The number of halogens is 6. The van der Waals surface area contributed by atoms with Crippen LogP contribution in [0.3, 0.4) is 0 Å². The van der Waals surface area contributed by atoms with E-state index >= 15 is 0 Å². The van der Waals surface area contributed by atoms with Gasteiger partial charge in [0.1, 0.15) is 0 Å². The molecular formula is C41H47F6N3O3. The highest BCUT2D eigenvalue weighted by Gasteiger charge is 2.46. The summed E-state index contributed by atoms with van der Waals surface area (Å²) in [6.07, 6.45) is -2.29. The van der Waals surface area contributed by atoms with Gasteiger partial charge in [-0.15, -0.1) is 0 Å². The Kier molecular flexibility index (Phi) is 11.9. The summed E-state index contributed by atoms with van der Waals surface area (Å²) in [6.45, 7) is 3.71. The fourth-order valence-corrected chi connectivity index (χ4v) is 8.40. The summed E-state index contributed by atoms with van der Waals surface area (Å²) in [5.41, 5.74) is -1.14. The molecule has 6 nitrogen and oxygen atoms in total. The normalized spacial score (nSPS) is 20.4. The van der Waals surface area contributed by atoms with Crippen molar-refractivity contribution in [3.8, 4) is 0 Å². The Morgan fingerprint density at radius 3 is 2.06 bits per heavy atom. The molecule has 0 spiro atoms. The minimum Gasteiger partial charge on any atom is -0.376 e. The van der Waals surface area contributed by atoms with Crippen molar-refractivity contribution in [2.75, 3.05) is 44.6 Å². The van der Waals surface area contributed by atoms with Gasteiger partial charge in [0, 0.05) is 30.6 Å². The Hall–Kier alpha value is -3.90. The third-order valence-corrected chi connectivity index (χ3v) is 11.4. The third kappa shape index (κ3) is 9.08. The first kappa shape index (κ1) is 38.8. The molecule has 1 N–H and O–H groups in total. The Balaban J connectivity index is 1.05. The maximum Gasteiger partial charge on any atom is 0.416 e. The van der Waals surface area contributed by atoms with Gasteiger partial charge in [0.2, 0.25) is 11.8 Å². The summed E-state index contributed by atoms with van der Waals surface area (Å²) in [5, 5.41) is 3.09. The monoisotopic (exact) mass is 743 g/mol. The molecule has 3 aromatic carbocycles. The van der Waals surface area contributed by atoms with Gasteiger partial charge >= 0.3 is 12.4 Å². The van der Waals surface area contributed by atoms with Gasteiger partial charge in [-0.2, -0.15) is 26.3 Å². The van der Waals surface area contributed by atoms with Crippen LogP contribution in [-0.4, -0.2) is 60.9 Å². The van der Waals surface area contributed by atoms with Gasteiger partial charge in [0.05, 0.1) is 29.8 Å². The molecule has 0 bridgehead atoms. The fourth-order valence-electron chi connectivity index (χ4n) is 8.40. The molecule has 2 amide bonds. The lowest BCUT2D eigenvalue weighted by Gasteiger charge is -2.42. The van der Waals surface area contributed by atoms with Crippen LogP contribution in [0.2, 0.25) is 0 Å². The average molecular weight is 744 g/mol. The number of hydrogen-bond acceptors (Lipinski definition) is 4. The van der Waals surface area contributed by atoms with E-state index in [1.54, 1.807) is 0 Å². The van der Waals surface area contributed by atoms with Crippen molar-refractivity contribution < 1.29 is 40.7 Å². The number of hydrogen-bond donors (Lipinski definition) is 1. The van der Waals surface area contributed by atoms with Gasteiger partial charge in [-0.1, -0.05) is 55.0 Å². The van der Waals surface area contributed by atoms with E-state index in [4.69, 9.17) is 4.74 Å². The number of likely N-dealkylation sites (tertiary alicyclic amines) is 2. The number of rotatable bonds is 14. The number of benzene rings is 3. The van der Waals surface area contributed by atoms with E-state index < -0.39 is 34.3 Å². The zero-order valence-corrected chi connectivity index (χ0v) is 29.8. The van der Waals surface area contributed by atoms with Gasteiger partial charge < -0.3 is 19.9 Å². The lowest BCUT2D eigenvalue weighted by atomic mass is 9.73. The van der Waals surface area contributed by atoms with Crippen LogP contribution in [0.25, 0.3) is 0 Å². The molecule has 0 aromatic heterocycles. The minimum atomic E-state index is -4.92. The summed E-state index contributed by atoms with van der Waals surface area (Å²) in [7, 11) is 0. The molecule has 3 aliphatic heterocycles. The molecule has 53 heavy (non-hydrogen) atoms. The van der Waals surface area contributed by atoms with E-state index in [2.05, 4.69) is 10.2 Å². The third-order valence-electron chi connectivity index (χ3n) is 11.4. The highest BCUT2D eigenvalue weighted by atomic mass is 19.4. The Morgan fingerprint density at radius 1 is 0.774 bits per heavy atom. The predicted molar refractivity (Wildman–Crippen MR) is 190 cm³/mol. The largest absolute Gasteiger partial charge is 0.416 e. The summed E-state index contributed by atoms with van der Waals surface area (Å²) in [5.74, 6) is 0.162. The Morgan fingerprint density at radius 2 is 1.40 bits per heavy atom. The fraction of sp³-hybridized carbons (Fsp3) is 0.512. The van der Waals surface area contributed by atoms with E-state index in [0.29, 0.717) is 38.5 Å². The van der Waals surface area contributed by atoms with Crippen molar-refractivity contribution in [2.45, 2.75) is 94.0 Å². The van der Waals surface area contributed by atoms with Crippen LogP contribution < -0.4 is 5.32 Å². The quantitative estimate of drug-likeness (QED) is 0.132. The van der Waals surface area contributed by atoms with Gasteiger partial charge in [-0.05, 0) is 112 Å². The van der Waals surface area contributed by atoms with Crippen molar-refractivity contribution >= 4 is 17.5 Å². The average Bonchev–Trinajstić information content (AvgIpc) is 3.77. The molecule has 0 saturated carbocycles. The molecule has 0 radical (unpaired) electrons. The second kappa shape index (κ2) is 16.2. The number of carbonyl (C=O) groups is 2. The Labute approximate surface area is 306 Å².